The monoisotopic (exact) mass is 306 g/mol. The molecule has 3 heterocycles. The Hall–Kier alpha value is -1.76. The largest absolute Gasteiger partial charge is 0.339 e. The van der Waals surface area contributed by atoms with Crippen LogP contribution in [0.5, 0.6) is 0 Å². The molecule has 3 rings (SSSR count). The van der Waals surface area contributed by atoms with Gasteiger partial charge in [0, 0.05) is 19.0 Å². The number of likely N-dealkylation sites (tertiary alicyclic amines) is 1. The zero-order chi connectivity index (χ0) is 14.8. The molecule has 0 bridgehead atoms. The molecule has 1 fully saturated rings. The molecule has 0 N–H and O–H groups in total. The van der Waals surface area contributed by atoms with Gasteiger partial charge in [0.2, 0.25) is 5.89 Å². The minimum Gasteiger partial charge on any atom is -0.339 e. The maximum absolute atomic E-state index is 12.4. The quantitative estimate of drug-likeness (QED) is 0.870. The molecule has 2 aromatic heterocycles. The minimum atomic E-state index is 0.0901. The maximum atomic E-state index is 12.4. The number of thiazole rings is 1. The lowest BCUT2D eigenvalue weighted by molar-refractivity contribution is 0.0709. The molecule has 7 heteroatoms. The first-order chi connectivity index (χ1) is 10.2. The van der Waals surface area contributed by atoms with E-state index in [0.717, 1.165) is 42.2 Å². The summed E-state index contributed by atoms with van der Waals surface area (Å²) in [6.07, 6.45) is 4.30. The Bertz CT molecular complexity index is 628. The molecule has 0 aromatic carbocycles. The van der Waals surface area contributed by atoms with Crippen LogP contribution >= 0.6 is 11.3 Å². The Morgan fingerprint density at radius 3 is 2.81 bits per heavy atom. The molecule has 0 radical (unpaired) electrons. The lowest BCUT2D eigenvalue weighted by Gasteiger charge is -2.29. The van der Waals surface area contributed by atoms with Gasteiger partial charge in [0.15, 0.2) is 5.82 Å². The van der Waals surface area contributed by atoms with Crippen molar-refractivity contribution < 1.29 is 9.32 Å². The Kier molecular flexibility index (Phi) is 4.01. The Labute approximate surface area is 127 Å². The zero-order valence-electron chi connectivity index (χ0n) is 12.2. The number of carbonyl (C=O) groups is 1. The average Bonchev–Trinajstić information content (AvgIpc) is 3.15. The molecule has 1 aliphatic rings. The van der Waals surface area contributed by atoms with Crippen molar-refractivity contribution in [3.63, 3.8) is 0 Å². The van der Waals surface area contributed by atoms with Crippen molar-refractivity contribution in [3.8, 4) is 0 Å². The number of nitrogens with zero attached hydrogens (tertiary/aromatic N) is 4. The molecule has 2 aromatic rings. The summed E-state index contributed by atoms with van der Waals surface area (Å²) >= 11 is 1.49. The Morgan fingerprint density at radius 1 is 1.48 bits per heavy atom. The lowest BCUT2D eigenvalue weighted by Crippen LogP contribution is -2.37. The highest BCUT2D eigenvalue weighted by Gasteiger charge is 2.28. The SMILES string of the molecule is CCc1ncc(C(=O)N2CCC(c3nc(C)no3)CC2)s1. The number of aromatic nitrogens is 3. The number of amides is 1. The van der Waals surface area contributed by atoms with Gasteiger partial charge in [-0.25, -0.2) is 4.98 Å². The van der Waals surface area contributed by atoms with E-state index in [4.69, 9.17) is 4.52 Å². The fourth-order valence-electron chi connectivity index (χ4n) is 2.54. The molecule has 112 valence electrons. The molecule has 1 saturated heterocycles. The van der Waals surface area contributed by atoms with E-state index < -0.39 is 0 Å². The molecule has 0 saturated carbocycles. The number of rotatable bonds is 3. The first kappa shape index (κ1) is 14.2. The highest BCUT2D eigenvalue weighted by Crippen LogP contribution is 2.28. The molecule has 1 amide bonds. The van der Waals surface area contributed by atoms with E-state index in [1.807, 2.05) is 18.7 Å². The summed E-state index contributed by atoms with van der Waals surface area (Å²) in [4.78, 5) is 23.6. The van der Waals surface area contributed by atoms with Gasteiger partial charge in [-0.2, -0.15) is 4.98 Å². The van der Waals surface area contributed by atoms with Crippen molar-refractivity contribution in [1.82, 2.24) is 20.0 Å². The average molecular weight is 306 g/mol. The van der Waals surface area contributed by atoms with Gasteiger partial charge in [-0.15, -0.1) is 11.3 Å². The second kappa shape index (κ2) is 5.93. The minimum absolute atomic E-state index is 0.0901. The van der Waals surface area contributed by atoms with Crippen molar-refractivity contribution in [2.45, 2.75) is 39.0 Å². The topological polar surface area (TPSA) is 72.1 Å². The fourth-order valence-corrected chi connectivity index (χ4v) is 3.36. The first-order valence-electron chi connectivity index (χ1n) is 7.21. The third-order valence-electron chi connectivity index (χ3n) is 3.74. The number of aryl methyl sites for hydroxylation is 2. The lowest BCUT2D eigenvalue weighted by atomic mass is 9.96. The molecule has 1 aliphatic heterocycles. The van der Waals surface area contributed by atoms with E-state index in [1.165, 1.54) is 11.3 Å². The number of carbonyl (C=O) groups excluding carboxylic acids is 1. The second-order valence-electron chi connectivity index (χ2n) is 5.22. The molecule has 0 spiro atoms. The van der Waals surface area contributed by atoms with Crippen LogP contribution < -0.4 is 0 Å². The normalized spacial score (nSPS) is 16.4. The van der Waals surface area contributed by atoms with E-state index in [1.54, 1.807) is 6.20 Å². The van der Waals surface area contributed by atoms with E-state index in [2.05, 4.69) is 15.1 Å². The highest BCUT2D eigenvalue weighted by molar-refractivity contribution is 7.13. The third-order valence-corrected chi connectivity index (χ3v) is 4.87. The van der Waals surface area contributed by atoms with Gasteiger partial charge < -0.3 is 9.42 Å². The van der Waals surface area contributed by atoms with Crippen LogP contribution in [0.25, 0.3) is 0 Å². The Morgan fingerprint density at radius 2 is 2.24 bits per heavy atom. The van der Waals surface area contributed by atoms with Gasteiger partial charge >= 0.3 is 0 Å². The molecule has 21 heavy (non-hydrogen) atoms. The van der Waals surface area contributed by atoms with Crippen LogP contribution in [-0.4, -0.2) is 39.0 Å². The maximum Gasteiger partial charge on any atom is 0.265 e. The summed E-state index contributed by atoms with van der Waals surface area (Å²) in [7, 11) is 0. The summed E-state index contributed by atoms with van der Waals surface area (Å²) in [6, 6.07) is 0. The molecule has 6 nitrogen and oxygen atoms in total. The molecule has 0 aliphatic carbocycles. The van der Waals surface area contributed by atoms with Gasteiger partial charge in [0.05, 0.1) is 11.2 Å². The standard InChI is InChI=1S/C14H18N4O2S/c1-3-12-15-8-11(21-12)14(19)18-6-4-10(5-7-18)13-16-9(2)17-20-13/h8,10H,3-7H2,1-2H3. The number of hydrogen-bond donors (Lipinski definition) is 0. The predicted octanol–water partition coefficient (Wildman–Crippen LogP) is 2.42. The smallest absolute Gasteiger partial charge is 0.265 e. The molecular formula is C14H18N4O2S. The van der Waals surface area contributed by atoms with Crippen LogP contribution in [0, 0.1) is 6.92 Å². The summed E-state index contributed by atoms with van der Waals surface area (Å²) in [5.41, 5.74) is 0. The van der Waals surface area contributed by atoms with Crippen molar-refractivity contribution >= 4 is 17.2 Å². The number of hydrogen-bond acceptors (Lipinski definition) is 6. The van der Waals surface area contributed by atoms with Crippen molar-refractivity contribution in [2.75, 3.05) is 13.1 Å². The van der Waals surface area contributed by atoms with E-state index in [0.29, 0.717) is 11.7 Å². The summed E-state index contributed by atoms with van der Waals surface area (Å²) < 4.78 is 5.23. The van der Waals surface area contributed by atoms with Crippen molar-refractivity contribution in [1.29, 1.82) is 0 Å². The number of piperidine rings is 1. The van der Waals surface area contributed by atoms with Crippen LogP contribution in [0.3, 0.4) is 0 Å². The summed E-state index contributed by atoms with van der Waals surface area (Å²) in [6.45, 7) is 5.32. The summed E-state index contributed by atoms with van der Waals surface area (Å²) in [5, 5.41) is 4.84. The van der Waals surface area contributed by atoms with Gasteiger partial charge in [0.1, 0.15) is 4.88 Å². The van der Waals surface area contributed by atoms with Gasteiger partial charge in [-0.05, 0) is 26.2 Å². The highest BCUT2D eigenvalue weighted by atomic mass is 32.1. The van der Waals surface area contributed by atoms with Crippen molar-refractivity contribution in [3.05, 3.63) is 27.8 Å². The van der Waals surface area contributed by atoms with E-state index >= 15 is 0 Å². The van der Waals surface area contributed by atoms with Gasteiger partial charge in [0.25, 0.3) is 5.91 Å². The first-order valence-corrected chi connectivity index (χ1v) is 8.03. The second-order valence-corrected chi connectivity index (χ2v) is 6.33. The zero-order valence-corrected chi connectivity index (χ0v) is 13.0. The van der Waals surface area contributed by atoms with Crippen LogP contribution in [-0.2, 0) is 6.42 Å². The van der Waals surface area contributed by atoms with E-state index in [9.17, 15) is 4.79 Å². The van der Waals surface area contributed by atoms with Crippen LogP contribution in [0.1, 0.15) is 52.1 Å². The molecule has 0 unspecified atom stereocenters. The van der Waals surface area contributed by atoms with E-state index in [-0.39, 0.29) is 11.8 Å². The summed E-state index contributed by atoms with van der Waals surface area (Å²) in [5.74, 6) is 1.72. The predicted molar refractivity (Wildman–Crippen MR) is 78.4 cm³/mol. The van der Waals surface area contributed by atoms with Crippen LogP contribution in [0.15, 0.2) is 10.7 Å². The van der Waals surface area contributed by atoms with Crippen LogP contribution in [0.4, 0.5) is 0 Å². The Balaban J connectivity index is 1.61. The molecule has 0 atom stereocenters. The fraction of sp³-hybridized carbons (Fsp3) is 0.571. The van der Waals surface area contributed by atoms with Crippen molar-refractivity contribution in [2.24, 2.45) is 0 Å². The van der Waals surface area contributed by atoms with Gasteiger partial charge in [-0.1, -0.05) is 12.1 Å². The van der Waals surface area contributed by atoms with Crippen LogP contribution in [0.2, 0.25) is 0 Å². The molecular weight excluding hydrogens is 288 g/mol. The van der Waals surface area contributed by atoms with Gasteiger partial charge in [-0.3, -0.25) is 4.79 Å². The third kappa shape index (κ3) is 2.97.